The van der Waals surface area contributed by atoms with Crippen molar-refractivity contribution in [2.24, 2.45) is 0 Å². The molecule has 1 heterocycles. The number of nitrogens with one attached hydrogen (secondary N) is 2. The van der Waals surface area contributed by atoms with Crippen molar-refractivity contribution in [3.05, 3.63) is 18.2 Å². The van der Waals surface area contributed by atoms with Crippen LogP contribution in [0.2, 0.25) is 0 Å². The van der Waals surface area contributed by atoms with Crippen molar-refractivity contribution in [2.75, 3.05) is 6.54 Å². The third-order valence-electron chi connectivity index (χ3n) is 2.88. The van der Waals surface area contributed by atoms with Crippen LogP contribution >= 0.6 is 0 Å². The molecule has 0 saturated heterocycles. The van der Waals surface area contributed by atoms with Crippen LogP contribution in [0.3, 0.4) is 0 Å². The third-order valence-corrected chi connectivity index (χ3v) is 2.88. The van der Waals surface area contributed by atoms with Gasteiger partial charge in [-0.15, -0.1) is 0 Å². The van der Waals surface area contributed by atoms with Crippen molar-refractivity contribution in [2.45, 2.75) is 65.6 Å². The summed E-state index contributed by atoms with van der Waals surface area (Å²) in [6.45, 7) is 10.4. The van der Waals surface area contributed by atoms with E-state index in [0.29, 0.717) is 25.9 Å². The lowest BCUT2D eigenvalue weighted by Gasteiger charge is -2.19. The number of aryl methyl sites for hydroxylation is 1. The number of hydrogen-bond donors (Lipinski definition) is 2. The molecule has 1 aromatic rings. The zero-order valence-electron chi connectivity index (χ0n) is 14.7. The predicted molar refractivity (Wildman–Crippen MR) is 88.1 cm³/mol. The van der Waals surface area contributed by atoms with E-state index in [9.17, 15) is 9.59 Å². The lowest BCUT2D eigenvalue weighted by atomic mass is 10.2. The third kappa shape index (κ3) is 8.23. The lowest BCUT2D eigenvalue weighted by molar-refractivity contribution is -0.121. The molecule has 0 aliphatic rings. The number of carbonyl (C=O) groups is 2. The molecule has 0 fully saturated rings. The first-order valence-corrected chi connectivity index (χ1v) is 7.92. The summed E-state index contributed by atoms with van der Waals surface area (Å²) >= 11 is 0. The molecule has 0 aliphatic carbocycles. The number of amides is 2. The molecule has 1 rings (SSSR count). The van der Waals surface area contributed by atoms with Gasteiger partial charge in [-0.2, -0.15) is 0 Å². The maximum absolute atomic E-state index is 11.7. The van der Waals surface area contributed by atoms with Gasteiger partial charge in [-0.1, -0.05) is 0 Å². The van der Waals surface area contributed by atoms with Crippen LogP contribution in [0.5, 0.6) is 0 Å². The van der Waals surface area contributed by atoms with Crippen LogP contribution in [0.15, 0.2) is 12.5 Å². The number of rotatable bonds is 7. The Kier molecular flexibility index (Phi) is 7.06. The van der Waals surface area contributed by atoms with Crippen molar-refractivity contribution >= 4 is 12.0 Å². The van der Waals surface area contributed by atoms with E-state index in [0.717, 1.165) is 5.69 Å². The molecule has 0 spiro atoms. The minimum atomic E-state index is -0.504. The van der Waals surface area contributed by atoms with Crippen LogP contribution in [0.25, 0.3) is 0 Å². The van der Waals surface area contributed by atoms with Crippen molar-refractivity contribution in [3.63, 3.8) is 0 Å². The Bertz CT molecular complexity index is 518. The van der Waals surface area contributed by atoms with Crippen LogP contribution < -0.4 is 10.6 Å². The summed E-state index contributed by atoms with van der Waals surface area (Å²) in [5.74, 6) is 0.0199. The summed E-state index contributed by atoms with van der Waals surface area (Å²) in [6.07, 6.45) is 4.05. The molecule has 23 heavy (non-hydrogen) atoms. The quantitative estimate of drug-likeness (QED) is 0.802. The average molecular weight is 324 g/mol. The van der Waals surface area contributed by atoms with E-state index < -0.39 is 11.7 Å². The number of aromatic nitrogens is 2. The highest BCUT2D eigenvalue weighted by Gasteiger charge is 2.15. The molecule has 2 amide bonds. The van der Waals surface area contributed by atoms with Crippen LogP contribution in [0.4, 0.5) is 4.79 Å². The second-order valence-corrected chi connectivity index (χ2v) is 6.73. The van der Waals surface area contributed by atoms with Crippen molar-refractivity contribution in [1.82, 2.24) is 20.2 Å². The number of nitrogens with zero attached hydrogens (tertiary/aromatic N) is 2. The molecule has 130 valence electrons. The molecular weight excluding hydrogens is 296 g/mol. The molecule has 0 atom stereocenters. The molecule has 0 bridgehead atoms. The van der Waals surface area contributed by atoms with Crippen LogP contribution in [-0.2, 0) is 22.5 Å². The highest BCUT2D eigenvalue weighted by molar-refractivity contribution is 5.76. The fourth-order valence-corrected chi connectivity index (χ4v) is 1.98. The molecule has 7 heteroatoms. The summed E-state index contributed by atoms with van der Waals surface area (Å²) in [7, 11) is 0. The van der Waals surface area contributed by atoms with Gasteiger partial charge < -0.3 is 19.9 Å². The molecular formula is C16H28N4O3. The van der Waals surface area contributed by atoms with E-state index in [1.165, 1.54) is 0 Å². The van der Waals surface area contributed by atoms with Crippen molar-refractivity contribution < 1.29 is 14.3 Å². The Morgan fingerprint density at radius 3 is 2.65 bits per heavy atom. The van der Waals surface area contributed by atoms with E-state index in [2.05, 4.69) is 15.6 Å². The minimum Gasteiger partial charge on any atom is -0.444 e. The normalized spacial score (nSPS) is 11.4. The van der Waals surface area contributed by atoms with Gasteiger partial charge in [0.05, 0.1) is 6.33 Å². The first-order valence-electron chi connectivity index (χ1n) is 7.92. The number of imidazole rings is 1. The fraction of sp³-hybridized carbons (Fsp3) is 0.688. The number of alkyl carbamates (subject to hydrolysis) is 1. The Balaban J connectivity index is 2.37. The first-order chi connectivity index (χ1) is 10.7. The molecule has 0 radical (unpaired) electrons. The largest absolute Gasteiger partial charge is 0.444 e. The van der Waals surface area contributed by atoms with Gasteiger partial charge in [0.15, 0.2) is 0 Å². The second-order valence-electron chi connectivity index (χ2n) is 6.73. The van der Waals surface area contributed by atoms with Crippen LogP contribution in [0, 0.1) is 0 Å². The van der Waals surface area contributed by atoms with Gasteiger partial charge in [0, 0.05) is 43.9 Å². The monoisotopic (exact) mass is 324 g/mol. The summed E-state index contributed by atoms with van der Waals surface area (Å²) in [5.41, 5.74) is 0.466. The SMILES string of the molecule is CC(C)NC(=O)CCn1cncc1CCNC(=O)OC(C)(C)C. The van der Waals surface area contributed by atoms with Gasteiger partial charge in [-0.3, -0.25) is 4.79 Å². The van der Waals surface area contributed by atoms with E-state index in [-0.39, 0.29) is 11.9 Å². The second kappa shape index (κ2) is 8.55. The molecule has 0 saturated carbocycles. The highest BCUT2D eigenvalue weighted by Crippen LogP contribution is 2.06. The van der Waals surface area contributed by atoms with Crippen molar-refractivity contribution in [1.29, 1.82) is 0 Å². The summed E-state index contributed by atoms with van der Waals surface area (Å²) in [4.78, 5) is 27.4. The maximum atomic E-state index is 11.7. The topological polar surface area (TPSA) is 85.3 Å². The number of hydrogen-bond acceptors (Lipinski definition) is 4. The molecule has 0 aliphatic heterocycles. The number of carbonyl (C=O) groups excluding carboxylic acids is 2. The lowest BCUT2D eigenvalue weighted by Crippen LogP contribution is -2.33. The summed E-state index contributed by atoms with van der Waals surface area (Å²) in [6, 6.07) is 0.141. The van der Waals surface area contributed by atoms with Gasteiger partial charge in [0.25, 0.3) is 0 Å². The highest BCUT2D eigenvalue weighted by atomic mass is 16.6. The van der Waals surface area contributed by atoms with Gasteiger partial charge in [-0.05, 0) is 34.6 Å². The molecule has 1 aromatic heterocycles. The molecule has 0 unspecified atom stereocenters. The maximum Gasteiger partial charge on any atom is 0.407 e. The van der Waals surface area contributed by atoms with Gasteiger partial charge in [-0.25, -0.2) is 9.78 Å². The van der Waals surface area contributed by atoms with E-state index in [1.54, 1.807) is 12.5 Å². The van der Waals surface area contributed by atoms with E-state index in [1.807, 2.05) is 39.2 Å². The number of ether oxygens (including phenoxy) is 1. The Morgan fingerprint density at radius 2 is 2.04 bits per heavy atom. The van der Waals surface area contributed by atoms with Crippen LogP contribution in [-0.4, -0.2) is 39.7 Å². The average Bonchev–Trinajstić information content (AvgIpc) is 2.81. The molecule has 0 aromatic carbocycles. The molecule has 2 N–H and O–H groups in total. The smallest absolute Gasteiger partial charge is 0.407 e. The summed E-state index contributed by atoms with van der Waals surface area (Å²) < 4.78 is 7.11. The fourth-order valence-electron chi connectivity index (χ4n) is 1.98. The summed E-state index contributed by atoms with van der Waals surface area (Å²) in [5, 5.41) is 5.57. The van der Waals surface area contributed by atoms with E-state index in [4.69, 9.17) is 4.74 Å². The Labute approximate surface area is 137 Å². The standard InChI is InChI=1S/C16H28N4O3/c1-12(2)19-14(21)7-9-20-11-17-10-13(20)6-8-18-15(22)23-16(3,4)5/h10-12H,6-9H2,1-5H3,(H,18,22)(H,19,21). The molecule has 7 nitrogen and oxygen atoms in total. The van der Waals surface area contributed by atoms with E-state index >= 15 is 0 Å². The Hall–Kier alpha value is -2.05. The first kappa shape index (κ1) is 19.0. The van der Waals surface area contributed by atoms with Crippen LogP contribution in [0.1, 0.15) is 46.7 Å². The zero-order valence-corrected chi connectivity index (χ0v) is 14.7. The zero-order chi connectivity index (χ0) is 17.5. The van der Waals surface area contributed by atoms with Crippen molar-refractivity contribution in [3.8, 4) is 0 Å². The Morgan fingerprint density at radius 1 is 1.35 bits per heavy atom. The predicted octanol–water partition coefficient (Wildman–Crippen LogP) is 1.86. The van der Waals surface area contributed by atoms with Gasteiger partial charge >= 0.3 is 6.09 Å². The minimum absolute atomic E-state index is 0.0199. The van der Waals surface area contributed by atoms with Gasteiger partial charge in [0.1, 0.15) is 5.60 Å². The van der Waals surface area contributed by atoms with Gasteiger partial charge in [0.2, 0.25) is 5.91 Å².